The van der Waals surface area contributed by atoms with E-state index in [2.05, 4.69) is 0 Å². The minimum atomic E-state index is -2.74. The van der Waals surface area contributed by atoms with Crippen LogP contribution in [-0.4, -0.2) is 24.1 Å². The van der Waals surface area contributed by atoms with Gasteiger partial charge in [-0.1, -0.05) is 0 Å². The monoisotopic (exact) mass is 271 g/mol. The van der Waals surface area contributed by atoms with Gasteiger partial charge in [-0.15, -0.1) is 0 Å². The van der Waals surface area contributed by atoms with Gasteiger partial charge in [-0.25, -0.2) is 8.78 Å². The first-order chi connectivity index (χ1) is 8.99. The molecular formula is C12H15F2N3O2. The van der Waals surface area contributed by atoms with E-state index in [1.54, 1.807) is 4.90 Å². The second-order valence-electron chi connectivity index (χ2n) is 4.65. The maximum Gasteiger partial charge on any atom is 0.270 e. The molecule has 0 aliphatic carbocycles. The van der Waals surface area contributed by atoms with Gasteiger partial charge in [0.1, 0.15) is 0 Å². The minimum absolute atomic E-state index is 0.0468. The molecule has 0 saturated carbocycles. The van der Waals surface area contributed by atoms with Crippen molar-refractivity contribution in [2.24, 2.45) is 5.73 Å². The molecule has 2 rings (SSSR count). The number of alkyl halides is 2. The van der Waals surface area contributed by atoms with Gasteiger partial charge in [-0.3, -0.25) is 10.1 Å². The summed E-state index contributed by atoms with van der Waals surface area (Å²) < 4.78 is 26.1. The van der Waals surface area contributed by atoms with Crippen molar-refractivity contribution in [1.29, 1.82) is 0 Å². The Hall–Kier alpha value is -1.76. The van der Waals surface area contributed by atoms with Crippen LogP contribution in [0, 0.1) is 10.1 Å². The molecule has 0 bridgehead atoms. The number of rotatable bonds is 3. The number of benzene rings is 1. The summed E-state index contributed by atoms with van der Waals surface area (Å²) in [7, 11) is 0. The van der Waals surface area contributed by atoms with Gasteiger partial charge in [0.05, 0.1) is 4.92 Å². The molecule has 0 amide bonds. The average molecular weight is 271 g/mol. The van der Waals surface area contributed by atoms with Crippen LogP contribution in [0.1, 0.15) is 24.8 Å². The van der Waals surface area contributed by atoms with Crippen LogP contribution in [0.2, 0.25) is 0 Å². The molecule has 1 aliphatic rings. The number of nitro groups is 1. The highest BCUT2D eigenvalue weighted by molar-refractivity contribution is 5.59. The van der Waals surface area contributed by atoms with Gasteiger partial charge < -0.3 is 10.6 Å². The van der Waals surface area contributed by atoms with Gasteiger partial charge in [0, 0.05) is 42.5 Å². The highest BCUT2D eigenvalue weighted by atomic mass is 19.3. The average Bonchev–Trinajstić information content (AvgIpc) is 2.37. The Bertz CT molecular complexity index is 482. The second-order valence-corrected chi connectivity index (χ2v) is 4.65. The number of hydrogen-bond donors (Lipinski definition) is 1. The van der Waals surface area contributed by atoms with Crippen LogP contribution in [0.5, 0.6) is 0 Å². The van der Waals surface area contributed by atoms with E-state index in [1.807, 2.05) is 0 Å². The Kier molecular flexibility index (Phi) is 3.94. The maximum absolute atomic E-state index is 13.0. The van der Waals surface area contributed by atoms with Crippen molar-refractivity contribution in [1.82, 2.24) is 0 Å². The number of nitrogens with zero attached hydrogens (tertiary/aromatic N) is 2. The van der Waals surface area contributed by atoms with Gasteiger partial charge >= 0.3 is 0 Å². The maximum atomic E-state index is 13.0. The first kappa shape index (κ1) is 13.7. The fraction of sp³-hybridized carbons (Fsp3) is 0.500. The Morgan fingerprint density at radius 3 is 2.79 bits per heavy atom. The zero-order chi connectivity index (χ0) is 14.0. The molecule has 19 heavy (non-hydrogen) atoms. The molecule has 1 atom stereocenters. The fourth-order valence-corrected chi connectivity index (χ4v) is 2.35. The molecule has 5 nitrogen and oxygen atoms in total. The van der Waals surface area contributed by atoms with E-state index >= 15 is 0 Å². The molecule has 0 radical (unpaired) electrons. The molecule has 1 saturated heterocycles. The van der Waals surface area contributed by atoms with Gasteiger partial charge in [0.25, 0.3) is 12.1 Å². The molecule has 1 heterocycles. The molecule has 1 unspecified atom stereocenters. The predicted octanol–water partition coefficient (Wildman–Crippen LogP) is 2.46. The first-order valence-corrected chi connectivity index (χ1v) is 6.06. The molecule has 1 aliphatic heterocycles. The zero-order valence-electron chi connectivity index (χ0n) is 10.3. The molecular weight excluding hydrogens is 256 g/mol. The SMILES string of the molecule is NC1CCCN(c2ccc([N+](=O)[O-])cc2C(F)F)C1. The van der Waals surface area contributed by atoms with Gasteiger partial charge in [0.2, 0.25) is 0 Å². The van der Waals surface area contributed by atoms with Crippen LogP contribution in [0.3, 0.4) is 0 Å². The van der Waals surface area contributed by atoms with Crippen molar-refractivity contribution in [3.05, 3.63) is 33.9 Å². The summed E-state index contributed by atoms with van der Waals surface area (Å²) in [6, 6.07) is 3.54. The van der Waals surface area contributed by atoms with Gasteiger partial charge in [-0.05, 0) is 18.9 Å². The number of anilines is 1. The number of nitrogens with two attached hydrogens (primary N) is 1. The summed E-state index contributed by atoms with van der Waals surface area (Å²) in [6.45, 7) is 1.14. The fourth-order valence-electron chi connectivity index (χ4n) is 2.35. The van der Waals surface area contributed by atoms with E-state index in [1.165, 1.54) is 12.1 Å². The van der Waals surface area contributed by atoms with E-state index in [-0.39, 0.29) is 17.3 Å². The largest absolute Gasteiger partial charge is 0.370 e. The predicted molar refractivity (Wildman–Crippen MR) is 67.5 cm³/mol. The quantitative estimate of drug-likeness (QED) is 0.677. The number of non-ortho nitro benzene ring substituents is 1. The van der Waals surface area contributed by atoms with Crippen LogP contribution < -0.4 is 10.6 Å². The minimum Gasteiger partial charge on any atom is -0.370 e. The number of nitro benzene ring substituents is 1. The van der Waals surface area contributed by atoms with Crippen molar-refractivity contribution >= 4 is 11.4 Å². The lowest BCUT2D eigenvalue weighted by Crippen LogP contribution is -2.43. The summed E-state index contributed by atoms with van der Waals surface area (Å²) in [5.74, 6) is 0. The number of piperidine rings is 1. The lowest BCUT2D eigenvalue weighted by Gasteiger charge is -2.33. The standard InChI is InChI=1S/C12H15F2N3O2/c13-12(14)10-6-9(17(18)19)3-4-11(10)16-5-1-2-8(15)7-16/h3-4,6,8,12H,1-2,5,7,15H2. The van der Waals surface area contributed by atoms with E-state index in [4.69, 9.17) is 5.73 Å². The highest BCUT2D eigenvalue weighted by Crippen LogP contribution is 2.34. The van der Waals surface area contributed by atoms with Crippen molar-refractivity contribution < 1.29 is 13.7 Å². The first-order valence-electron chi connectivity index (χ1n) is 6.06. The summed E-state index contributed by atoms with van der Waals surface area (Å²) in [4.78, 5) is 11.8. The number of halogens is 2. The van der Waals surface area contributed by atoms with E-state index in [0.717, 1.165) is 18.9 Å². The lowest BCUT2D eigenvalue weighted by atomic mass is 10.0. The van der Waals surface area contributed by atoms with Crippen LogP contribution in [0.4, 0.5) is 20.2 Å². The second kappa shape index (κ2) is 5.48. The zero-order valence-corrected chi connectivity index (χ0v) is 10.3. The van der Waals surface area contributed by atoms with Crippen molar-refractivity contribution in [2.75, 3.05) is 18.0 Å². The van der Waals surface area contributed by atoms with Crippen LogP contribution in [0.15, 0.2) is 18.2 Å². The van der Waals surface area contributed by atoms with E-state index in [0.29, 0.717) is 18.8 Å². The van der Waals surface area contributed by atoms with E-state index in [9.17, 15) is 18.9 Å². The summed E-state index contributed by atoms with van der Waals surface area (Å²) in [5.41, 5.74) is 5.55. The number of hydrogen-bond acceptors (Lipinski definition) is 4. The van der Waals surface area contributed by atoms with Crippen molar-refractivity contribution in [3.63, 3.8) is 0 Å². The molecule has 104 valence electrons. The molecule has 7 heteroatoms. The summed E-state index contributed by atoms with van der Waals surface area (Å²) in [6.07, 6.45) is -1.04. The Morgan fingerprint density at radius 2 is 2.21 bits per heavy atom. The summed E-state index contributed by atoms with van der Waals surface area (Å²) in [5, 5.41) is 10.6. The third-order valence-electron chi connectivity index (χ3n) is 3.26. The third-order valence-corrected chi connectivity index (χ3v) is 3.26. The molecule has 1 aromatic rings. The topological polar surface area (TPSA) is 72.4 Å². The molecule has 0 aromatic heterocycles. The Labute approximate surface area is 109 Å². The lowest BCUT2D eigenvalue weighted by molar-refractivity contribution is -0.385. The van der Waals surface area contributed by atoms with Crippen molar-refractivity contribution in [3.8, 4) is 0 Å². The van der Waals surface area contributed by atoms with Gasteiger partial charge in [0.15, 0.2) is 0 Å². The Balaban J connectivity index is 2.36. The summed E-state index contributed by atoms with van der Waals surface area (Å²) >= 11 is 0. The van der Waals surface area contributed by atoms with Gasteiger partial charge in [-0.2, -0.15) is 0 Å². The smallest absolute Gasteiger partial charge is 0.270 e. The molecule has 1 fully saturated rings. The third kappa shape index (κ3) is 2.98. The van der Waals surface area contributed by atoms with Crippen LogP contribution >= 0.6 is 0 Å². The van der Waals surface area contributed by atoms with E-state index < -0.39 is 11.3 Å². The Morgan fingerprint density at radius 1 is 1.47 bits per heavy atom. The molecule has 1 aromatic carbocycles. The van der Waals surface area contributed by atoms with Crippen LogP contribution in [-0.2, 0) is 0 Å². The molecule has 2 N–H and O–H groups in total. The highest BCUT2D eigenvalue weighted by Gasteiger charge is 2.24. The normalized spacial score (nSPS) is 19.8. The molecule has 0 spiro atoms. The van der Waals surface area contributed by atoms with Crippen molar-refractivity contribution in [2.45, 2.75) is 25.3 Å². The van der Waals surface area contributed by atoms with Crippen LogP contribution in [0.25, 0.3) is 0 Å².